The number of sulfone groups is 1. The van der Waals surface area contributed by atoms with Crippen LogP contribution in [0.25, 0.3) is 16.8 Å². The molecule has 1 aromatic heterocycles. The van der Waals surface area contributed by atoms with Gasteiger partial charge in [-0.2, -0.15) is 10.4 Å². The van der Waals surface area contributed by atoms with Gasteiger partial charge in [0.15, 0.2) is 9.84 Å². The number of amides is 1. The summed E-state index contributed by atoms with van der Waals surface area (Å²) in [6.07, 6.45) is -1.26. The smallest absolute Gasteiger partial charge is 0.249 e. The maximum atomic E-state index is 14.7. The van der Waals surface area contributed by atoms with Gasteiger partial charge in [0.25, 0.3) is 0 Å². The minimum atomic E-state index is -3.09. The molecule has 3 aromatic rings. The molecule has 9 nitrogen and oxygen atoms in total. The summed E-state index contributed by atoms with van der Waals surface area (Å²) in [4.78, 5) is 15.2. The average Bonchev–Trinajstić information content (AvgIpc) is 3.36. The first kappa shape index (κ1) is 30.6. The lowest BCUT2D eigenvalue weighted by atomic mass is 9.73. The molecule has 1 saturated heterocycles. The summed E-state index contributed by atoms with van der Waals surface area (Å²) in [6.45, 7) is 1.68. The van der Waals surface area contributed by atoms with Crippen LogP contribution in [0, 0.1) is 23.1 Å². The molecule has 1 amide bonds. The molecule has 0 unspecified atom stereocenters. The van der Waals surface area contributed by atoms with Gasteiger partial charge < -0.3 is 15.3 Å². The number of nitrogens with zero attached hydrogens (tertiary/aromatic N) is 4. The first-order chi connectivity index (χ1) is 20.4. The zero-order chi connectivity index (χ0) is 30.9. The Labute approximate surface area is 247 Å². The van der Waals surface area contributed by atoms with Gasteiger partial charge in [-0.3, -0.25) is 4.79 Å². The number of carbonyl (C=O) groups excluding carboxylic acids is 1. The molecular formula is C30H32F3N5O4S. The largest absolute Gasteiger partial charge is 0.390 e. The second-order valence-corrected chi connectivity index (χ2v) is 13.4. The third kappa shape index (κ3) is 6.55. The first-order valence-electron chi connectivity index (χ1n) is 14.0. The van der Waals surface area contributed by atoms with E-state index in [1.165, 1.54) is 35.9 Å². The van der Waals surface area contributed by atoms with Gasteiger partial charge in [0, 0.05) is 43.1 Å². The van der Waals surface area contributed by atoms with Crippen molar-refractivity contribution in [2.75, 3.05) is 29.5 Å². The number of nitrogens with one attached hydrogen (secondary N) is 1. The van der Waals surface area contributed by atoms with Crippen LogP contribution < -0.4 is 10.2 Å². The van der Waals surface area contributed by atoms with E-state index < -0.39 is 64.8 Å². The van der Waals surface area contributed by atoms with Crippen LogP contribution in [0.4, 0.5) is 18.9 Å². The molecule has 2 aliphatic rings. The van der Waals surface area contributed by atoms with E-state index in [4.69, 9.17) is 5.10 Å². The molecule has 13 heteroatoms. The normalized spacial score (nSPS) is 22.0. The lowest BCUT2D eigenvalue weighted by Crippen LogP contribution is -2.44. The number of rotatable bonds is 7. The molecule has 43 heavy (non-hydrogen) atoms. The summed E-state index contributed by atoms with van der Waals surface area (Å²) >= 11 is 0. The van der Waals surface area contributed by atoms with Crippen molar-refractivity contribution in [2.24, 2.45) is 5.92 Å². The van der Waals surface area contributed by atoms with E-state index in [0.29, 0.717) is 41.3 Å². The number of aliphatic hydroxyl groups excluding tert-OH is 1. The minimum absolute atomic E-state index is 0.0538. The molecule has 228 valence electrons. The maximum Gasteiger partial charge on any atom is 0.249 e. The molecule has 5 rings (SSSR count). The van der Waals surface area contributed by atoms with E-state index >= 15 is 0 Å². The van der Waals surface area contributed by atoms with E-state index in [2.05, 4.69) is 5.32 Å². The predicted molar refractivity (Wildman–Crippen MR) is 154 cm³/mol. The van der Waals surface area contributed by atoms with E-state index in [1.807, 2.05) is 23.1 Å². The summed E-state index contributed by atoms with van der Waals surface area (Å²) in [5, 5.41) is 27.0. The predicted octanol–water partition coefficient (Wildman–Crippen LogP) is 3.95. The first-order valence-corrected chi connectivity index (χ1v) is 15.9. The van der Waals surface area contributed by atoms with Crippen LogP contribution in [0.5, 0.6) is 0 Å². The highest BCUT2D eigenvalue weighted by molar-refractivity contribution is 7.91. The van der Waals surface area contributed by atoms with E-state index in [1.54, 1.807) is 12.1 Å². The van der Waals surface area contributed by atoms with Crippen LogP contribution in [-0.2, 0) is 21.2 Å². The molecule has 0 spiro atoms. The SMILES string of the molecule is C[C@@H](C#N)NC(=O)[C@@H]1CC(F)(F)CC[C@H]1c1nn(-c2ccc(F)cc2)c(CO)c1-c1ccc(N2CCS(=O)(=O)CC2)cc1. The number of benzene rings is 2. The molecule has 1 aliphatic carbocycles. The number of hydrogen-bond acceptors (Lipinski definition) is 7. The molecule has 2 fully saturated rings. The fourth-order valence-electron chi connectivity index (χ4n) is 5.89. The van der Waals surface area contributed by atoms with Crippen molar-refractivity contribution < 1.29 is 31.5 Å². The standard InChI is InChI=1S/C30H32F3N5O4S/c1-19(17-34)35-29(40)25-16-30(32,33)11-10-24(25)28-27(26(18-39)38(36-28)23-8-4-21(31)5-9-23)20-2-6-22(7-3-20)37-12-14-43(41,42)15-13-37/h2-9,19,24-25,39H,10-16,18H2,1H3,(H,35,40)/t19-,24+,25+/m0/s1. The Kier molecular flexibility index (Phi) is 8.54. The zero-order valence-electron chi connectivity index (χ0n) is 23.5. The lowest BCUT2D eigenvalue weighted by Gasteiger charge is -2.35. The van der Waals surface area contributed by atoms with Crippen molar-refractivity contribution in [1.29, 1.82) is 5.26 Å². The van der Waals surface area contributed by atoms with Gasteiger partial charge in [-0.15, -0.1) is 0 Å². The highest BCUT2D eigenvalue weighted by Gasteiger charge is 2.47. The third-order valence-corrected chi connectivity index (χ3v) is 9.77. The Balaban J connectivity index is 1.61. The molecule has 2 heterocycles. The van der Waals surface area contributed by atoms with Crippen molar-refractivity contribution in [1.82, 2.24) is 15.1 Å². The summed E-state index contributed by atoms with van der Waals surface area (Å²) in [7, 11) is -3.07. The number of alkyl halides is 2. The van der Waals surface area contributed by atoms with Crippen molar-refractivity contribution >= 4 is 21.4 Å². The van der Waals surface area contributed by atoms with Crippen LogP contribution in [0.2, 0.25) is 0 Å². The molecular weight excluding hydrogens is 583 g/mol. The number of halogens is 3. The number of hydrogen-bond donors (Lipinski definition) is 2. The van der Waals surface area contributed by atoms with Gasteiger partial charge in [-0.1, -0.05) is 12.1 Å². The second kappa shape index (κ2) is 12.0. The average molecular weight is 616 g/mol. The van der Waals surface area contributed by atoms with E-state index in [-0.39, 0.29) is 17.9 Å². The Bertz CT molecular complexity index is 1620. The summed E-state index contributed by atoms with van der Waals surface area (Å²) in [5.74, 6) is -6.09. The van der Waals surface area contributed by atoms with Gasteiger partial charge in [0.2, 0.25) is 11.8 Å². The fourth-order valence-corrected chi connectivity index (χ4v) is 7.09. The highest BCUT2D eigenvalue weighted by Crippen LogP contribution is 2.48. The van der Waals surface area contributed by atoms with Crippen molar-refractivity contribution in [3.05, 3.63) is 65.7 Å². The number of aromatic nitrogens is 2. The van der Waals surface area contributed by atoms with Crippen LogP contribution >= 0.6 is 0 Å². The van der Waals surface area contributed by atoms with Gasteiger partial charge in [0.1, 0.15) is 11.9 Å². The molecule has 1 aliphatic heterocycles. The number of anilines is 1. The fraction of sp³-hybridized carbons (Fsp3) is 0.433. The number of carbonyl (C=O) groups is 1. The molecule has 3 atom stereocenters. The van der Waals surface area contributed by atoms with Crippen molar-refractivity contribution in [2.45, 2.75) is 50.7 Å². The summed E-state index contributed by atoms with van der Waals surface area (Å²) in [6, 6.07) is 13.7. The van der Waals surface area contributed by atoms with Crippen molar-refractivity contribution in [3.63, 3.8) is 0 Å². The maximum absolute atomic E-state index is 14.7. The van der Waals surface area contributed by atoms with Crippen LogP contribution in [0.3, 0.4) is 0 Å². The monoisotopic (exact) mass is 615 g/mol. The van der Waals surface area contributed by atoms with Gasteiger partial charge in [0.05, 0.1) is 47.2 Å². The molecule has 2 N–H and O–H groups in total. The molecule has 1 saturated carbocycles. The Hall–Kier alpha value is -3.89. The highest BCUT2D eigenvalue weighted by atomic mass is 32.2. The Morgan fingerprint density at radius 1 is 1.14 bits per heavy atom. The Morgan fingerprint density at radius 3 is 2.37 bits per heavy atom. The van der Waals surface area contributed by atoms with Gasteiger partial charge in [-0.05, 0) is 55.3 Å². The summed E-state index contributed by atoms with van der Waals surface area (Å²) < 4.78 is 68.3. The van der Waals surface area contributed by atoms with E-state index in [9.17, 15) is 36.8 Å². The lowest BCUT2D eigenvalue weighted by molar-refractivity contribution is -0.134. The zero-order valence-corrected chi connectivity index (χ0v) is 24.3. The van der Waals surface area contributed by atoms with Gasteiger partial charge in [-0.25, -0.2) is 26.3 Å². The minimum Gasteiger partial charge on any atom is -0.390 e. The van der Waals surface area contributed by atoms with Gasteiger partial charge >= 0.3 is 0 Å². The van der Waals surface area contributed by atoms with Crippen molar-refractivity contribution in [3.8, 4) is 22.9 Å². The van der Waals surface area contributed by atoms with E-state index in [0.717, 1.165) is 5.69 Å². The van der Waals surface area contributed by atoms with Crippen LogP contribution in [0.1, 0.15) is 43.5 Å². The third-order valence-electron chi connectivity index (χ3n) is 8.16. The summed E-state index contributed by atoms with van der Waals surface area (Å²) in [5.41, 5.74) is 3.00. The quantitative estimate of drug-likeness (QED) is 0.412. The molecule has 2 aromatic carbocycles. The van der Waals surface area contributed by atoms with Crippen LogP contribution in [-0.4, -0.2) is 65.8 Å². The van der Waals surface area contributed by atoms with Crippen LogP contribution in [0.15, 0.2) is 48.5 Å². The Morgan fingerprint density at radius 2 is 1.77 bits per heavy atom. The second-order valence-electron chi connectivity index (χ2n) is 11.1. The number of aliphatic hydroxyl groups is 1. The molecule has 0 radical (unpaired) electrons. The number of nitriles is 1. The molecule has 0 bridgehead atoms. The topological polar surface area (TPSA) is 128 Å².